The van der Waals surface area contributed by atoms with Gasteiger partial charge in [-0.3, -0.25) is 19.3 Å². The molecular weight excluding hydrogens is 358 g/mol. The van der Waals surface area contributed by atoms with Crippen LogP contribution in [0.3, 0.4) is 0 Å². The summed E-state index contributed by atoms with van der Waals surface area (Å²) in [4.78, 5) is 38.6. The van der Waals surface area contributed by atoms with Gasteiger partial charge in [-0.15, -0.1) is 0 Å². The molecule has 2 aromatic rings. The maximum atomic E-state index is 12.7. The zero-order valence-corrected chi connectivity index (χ0v) is 15.5. The SMILES string of the molecule is CC1Oc2ccc(NC(=O)C3CC3)cc2N(CC(=O)Nc2ccccc2)C1=O. The number of amides is 3. The second kappa shape index (κ2) is 7.34. The molecule has 0 saturated heterocycles. The molecule has 1 saturated carbocycles. The third kappa shape index (κ3) is 3.83. The van der Waals surface area contributed by atoms with E-state index in [4.69, 9.17) is 4.74 Å². The number of benzene rings is 2. The Balaban J connectivity index is 1.55. The summed E-state index contributed by atoms with van der Waals surface area (Å²) in [5, 5.41) is 5.64. The van der Waals surface area contributed by atoms with Crippen LogP contribution in [0.4, 0.5) is 17.1 Å². The van der Waals surface area contributed by atoms with E-state index in [0.29, 0.717) is 22.8 Å². The molecule has 1 fully saturated rings. The number of fused-ring (bicyclic) bond motifs is 1. The largest absolute Gasteiger partial charge is 0.479 e. The summed E-state index contributed by atoms with van der Waals surface area (Å²) < 4.78 is 5.66. The normalized spacial score (nSPS) is 18.1. The summed E-state index contributed by atoms with van der Waals surface area (Å²) in [6.07, 6.45) is 1.12. The van der Waals surface area contributed by atoms with Crippen molar-refractivity contribution in [3.63, 3.8) is 0 Å². The number of anilines is 3. The number of rotatable bonds is 5. The molecular formula is C21H21N3O4. The first-order valence-corrected chi connectivity index (χ1v) is 9.29. The number of hydrogen-bond donors (Lipinski definition) is 2. The van der Waals surface area contributed by atoms with Crippen molar-refractivity contribution in [3.05, 3.63) is 48.5 Å². The summed E-state index contributed by atoms with van der Waals surface area (Å²) >= 11 is 0. The second-order valence-corrected chi connectivity index (χ2v) is 7.04. The van der Waals surface area contributed by atoms with Gasteiger partial charge in [-0.2, -0.15) is 0 Å². The maximum Gasteiger partial charge on any atom is 0.268 e. The summed E-state index contributed by atoms with van der Waals surface area (Å²) in [6, 6.07) is 14.2. The lowest BCUT2D eigenvalue weighted by molar-refractivity contribution is -0.127. The first-order chi connectivity index (χ1) is 13.5. The molecule has 2 aliphatic rings. The summed E-state index contributed by atoms with van der Waals surface area (Å²) in [5.74, 6) is -0.0659. The van der Waals surface area contributed by atoms with Crippen LogP contribution in [0.15, 0.2) is 48.5 Å². The number of ether oxygens (including phenoxy) is 1. The number of nitrogens with one attached hydrogen (secondary N) is 2. The lowest BCUT2D eigenvalue weighted by Crippen LogP contribution is -2.47. The molecule has 3 amide bonds. The Hall–Kier alpha value is -3.35. The van der Waals surface area contributed by atoms with Gasteiger partial charge < -0.3 is 15.4 Å². The molecule has 1 aliphatic carbocycles. The van der Waals surface area contributed by atoms with Gasteiger partial charge in [-0.05, 0) is 50.1 Å². The summed E-state index contributed by atoms with van der Waals surface area (Å²) in [7, 11) is 0. The van der Waals surface area contributed by atoms with Gasteiger partial charge in [-0.1, -0.05) is 18.2 Å². The molecule has 28 heavy (non-hydrogen) atoms. The van der Waals surface area contributed by atoms with E-state index in [1.807, 2.05) is 18.2 Å². The molecule has 1 aliphatic heterocycles. The fourth-order valence-electron chi connectivity index (χ4n) is 3.10. The van der Waals surface area contributed by atoms with Crippen LogP contribution in [-0.4, -0.2) is 30.4 Å². The van der Waals surface area contributed by atoms with E-state index in [-0.39, 0.29) is 30.2 Å². The Morgan fingerprint density at radius 2 is 1.82 bits per heavy atom. The molecule has 0 spiro atoms. The van der Waals surface area contributed by atoms with Crippen LogP contribution in [0.25, 0.3) is 0 Å². The van der Waals surface area contributed by atoms with Crippen molar-refractivity contribution in [2.24, 2.45) is 5.92 Å². The quantitative estimate of drug-likeness (QED) is 0.836. The Kier molecular flexibility index (Phi) is 4.73. The monoisotopic (exact) mass is 379 g/mol. The topological polar surface area (TPSA) is 87.7 Å². The summed E-state index contributed by atoms with van der Waals surface area (Å²) in [6.45, 7) is 1.50. The van der Waals surface area contributed by atoms with Gasteiger partial charge in [0.05, 0.1) is 5.69 Å². The van der Waals surface area contributed by atoms with Crippen LogP contribution in [0.2, 0.25) is 0 Å². The molecule has 0 bridgehead atoms. The van der Waals surface area contributed by atoms with E-state index in [1.54, 1.807) is 37.3 Å². The van der Waals surface area contributed by atoms with E-state index in [1.165, 1.54) is 4.90 Å². The number of para-hydroxylation sites is 1. The van der Waals surface area contributed by atoms with E-state index in [9.17, 15) is 14.4 Å². The number of carbonyl (C=O) groups excluding carboxylic acids is 3. The van der Waals surface area contributed by atoms with Crippen molar-refractivity contribution >= 4 is 34.8 Å². The Labute approximate surface area is 162 Å². The molecule has 1 unspecified atom stereocenters. The standard InChI is InChI=1S/C21H21N3O4/c1-13-21(27)24(12-19(25)22-15-5-3-2-4-6-15)17-11-16(9-10-18(17)28-13)23-20(26)14-7-8-14/h2-6,9-11,13-14H,7-8,12H2,1H3,(H,22,25)(H,23,26). The smallest absolute Gasteiger partial charge is 0.268 e. The van der Waals surface area contributed by atoms with Gasteiger partial charge in [0.15, 0.2) is 6.10 Å². The molecule has 2 N–H and O–H groups in total. The number of carbonyl (C=O) groups is 3. The van der Waals surface area contributed by atoms with Gasteiger partial charge in [-0.25, -0.2) is 0 Å². The average molecular weight is 379 g/mol. The lowest BCUT2D eigenvalue weighted by atomic mass is 10.1. The molecule has 0 aromatic heterocycles. The molecule has 0 radical (unpaired) electrons. The van der Waals surface area contributed by atoms with Gasteiger partial charge in [0.1, 0.15) is 12.3 Å². The predicted octanol–water partition coefficient (Wildman–Crippen LogP) is 2.79. The Morgan fingerprint density at radius 3 is 2.54 bits per heavy atom. The average Bonchev–Trinajstić information content (AvgIpc) is 3.52. The maximum absolute atomic E-state index is 12.7. The van der Waals surface area contributed by atoms with Crippen LogP contribution >= 0.6 is 0 Å². The van der Waals surface area contributed by atoms with Crippen LogP contribution in [0.5, 0.6) is 5.75 Å². The number of nitrogens with zero attached hydrogens (tertiary/aromatic N) is 1. The zero-order valence-electron chi connectivity index (χ0n) is 15.5. The molecule has 144 valence electrons. The highest BCUT2D eigenvalue weighted by Crippen LogP contribution is 2.37. The van der Waals surface area contributed by atoms with Crippen LogP contribution in [-0.2, 0) is 14.4 Å². The van der Waals surface area contributed by atoms with Gasteiger partial charge in [0.2, 0.25) is 11.8 Å². The highest BCUT2D eigenvalue weighted by molar-refractivity contribution is 6.06. The number of hydrogen-bond acceptors (Lipinski definition) is 4. The molecule has 7 nitrogen and oxygen atoms in total. The van der Waals surface area contributed by atoms with Crippen molar-refractivity contribution in [2.75, 3.05) is 22.1 Å². The van der Waals surface area contributed by atoms with E-state index >= 15 is 0 Å². The van der Waals surface area contributed by atoms with Crippen LogP contribution in [0.1, 0.15) is 19.8 Å². The van der Waals surface area contributed by atoms with Crippen LogP contribution in [0, 0.1) is 5.92 Å². The minimum Gasteiger partial charge on any atom is -0.479 e. The van der Waals surface area contributed by atoms with Gasteiger partial charge in [0.25, 0.3) is 5.91 Å². The first kappa shape index (κ1) is 18.0. The van der Waals surface area contributed by atoms with Gasteiger partial charge in [0, 0.05) is 17.3 Å². The van der Waals surface area contributed by atoms with E-state index in [0.717, 1.165) is 12.8 Å². The Morgan fingerprint density at radius 1 is 1.07 bits per heavy atom. The van der Waals surface area contributed by atoms with Crippen LogP contribution < -0.4 is 20.3 Å². The highest BCUT2D eigenvalue weighted by Gasteiger charge is 2.34. The lowest BCUT2D eigenvalue weighted by Gasteiger charge is -2.33. The first-order valence-electron chi connectivity index (χ1n) is 9.29. The van der Waals surface area contributed by atoms with Crippen molar-refractivity contribution in [1.82, 2.24) is 0 Å². The zero-order chi connectivity index (χ0) is 19.7. The molecule has 7 heteroatoms. The molecule has 4 rings (SSSR count). The summed E-state index contributed by atoms with van der Waals surface area (Å²) in [5.41, 5.74) is 1.71. The third-order valence-electron chi connectivity index (χ3n) is 4.74. The fraction of sp³-hybridized carbons (Fsp3) is 0.286. The minimum atomic E-state index is -0.691. The molecule has 2 aromatic carbocycles. The second-order valence-electron chi connectivity index (χ2n) is 7.04. The molecule has 1 heterocycles. The third-order valence-corrected chi connectivity index (χ3v) is 4.74. The highest BCUT2D eigenvalue weighted by atomic mass is 16.5. The molecule has 1 atom stereocenters. The van der Waals surface area contributed by atoms with E-state index in [2.05, 4.69) is 10.6 Å². The predicted molar refractivity (Wildman–Crippen MR) is 105 cm³/mol. The Bertz CT molecular complexity index is 925. The van der Waals surface area contributed by atoms with Crippen molar-refractivity contribution in [1.29, 1.82) is 0 Å². The van der Waals surface area contributed by atoms with Crippen molar-refractivity contribution in [3.8, 4) is 5.75 Å². The van der Waals surface area contributed by atoms with Gasteiger partial charge >= 0.3 is 0 Å². The van der Waals surface area contributed by atoms with E-state index < -0.39 is 6.10 Å². The minimum absolute atomic E-state index is 0.0234. The van der Waals surface area contributed by atoms with Crippen molar-refractivity contribution < 1.29 is 19.1 Å². The van der Waals surface area contributed by atoms with Crippen molar-refractivity contribution in [2.45, 2.75) is 25.9 Å². The fourth-order valence-corrected chi connectivity index (χ4v) is 3.10.